The van der Waals surface area contributed by atoms with E-state index in [0.29, 0.717) is 19.9 Å². The maximum Gasteiger partial charge on any atom is 0.178 e. The fourth-order valence-electron chi connectivity index (χ4n) is 4.71. The van der Waals surface area contributed by atoms with Crippen LogP contribution >= 0.6 is 0 Å². The van der Waals surface area contributed by atoms with Gasteiger partial charge in [0, 0.05) is 51.4 Å². The van der Waals surface area contributed by atoms with Gasteiger partial charge in [0.15, 0.2) is 9.84 Å². The molecule has 0 aliphatic carbocycles. The fourth-order valence-corrected chi connectivity index (χ4v) is 6.40. The minimum atomic E-state index is -3.40. The third kappa shape index (κ3) is 5.61. The number of nitriles is 1. The SMILES string of the molecule is CCS(=O)(=O)c1cccc(C(CC#N)C2(c3ncnc4c3ccn4COCC[Si](C)(C)C)C=NNC2)c1. The molecule has 0 bridgehead atoms. The van der Waals surface area contributed by atoms with Crippen molar-refractivity contribution in [1.29, 1.82) is 5.26 Å². The van der Waals surface area contributed by atoms with Gasteiger partial charge in [-0.2, -0.15) is 10.4 Å². The van der Waals surface area contributed by atoms with Gasteiger partial charge in [0.05, 0.1) is 27.8 Å². The first-order valence-corrected chi connectivity index (χ1v) is 17.8. The van der Waals surface area contributed by atoms with Crippen LogP contribution in [0.3, 0.4) is 0 Å². The molecular formula is C26H34N6O3SSi. The standard InChI is InChI=1S/C26H34N6O3SSi/c1-5-36(33,34)21-8-6-7-20(15-21)23(9-11-27)26(16-30-31-17-26)24-22-10-12-32(25(22)29-18-28-24)19-35-13-14-37(2,3)4/h6-8,10,12,15-16,18,23,31H,5,9,13-14,17,19H2,1-4H3. The summed E-state index contributed by atoms with van der Waals surface area (Å²) in [6, 6.07) is 12.3. The van der Waals surface area contributed by atoms with Crippen LogP contribution in [-0.4, -0.2) is 56.1 Å². The average Bonchev–Trinajstić information content (AvgIpc) is 3.53. The molecule has 1 N–H and O–H groups in total. The number of benzene rings is 1. The largest absolute Gasteiger partial charge is 0.361 e. The molecule has 0 amide bonds. The molecule has 196 valence electrons. The average molecular weight is 539 g/mol. The van der Waals surface area contributed by atoms with E-state index < -0.39 is 23.3 Å². The number of fused-ring (bicyclic) bond motifs is 1. The fraction of sp³-hybridized carbons (Fsp3) is 0.462. The highest BCUT2D eigenvalue weighted by atomic mass is 32.2. The summed E-state index contributed by atoms with van der Waals surface area (Å²) >= 11 is 0. The lowest BCUT2D eigenvalue weighted by molar-refractivity contribution is 0.0899. The molecule has 4 rings (SSSR count). The zero-order chi connectivity index (χ0) is 26.7. The van der Waals surface area contributed by atoms with Crippen molar-refractivity contribution in [2.75, 3.05) is 18.9 Å². The highest BCUT2D eigenvalue weighted by molar-refractivity contribution is 7.91. The quantitative estimate of drug-likeness (QED) is 0.288. The monoisotopic (exact) mass is 538 g/mol. The van der Waals surface area contributed by atoms with Gasteiger partial charge < -0.3 is 14.7 Å². The van der Waals surface area contributed by atoms with Crippen LogP contribution in [0.2, 0.25) is 25.7 Å². The number of aromatic nitrogens is 3. The Morgan fingerprint density at radius 2 is 2.08 bits per heavy atom. The molecule has 1 aromatic carbocycles. The van der Waals surface area contributed by atoms with Crippen LogP contribution in [0.1, 0.15) is 30.5 Å². The van der Waals surface area contributed by atoms with Crippen LogP contribution in [0.4, 0.5) is 0 Å². The summed E-state index contributed by atoms with van der Waals surface area (Å²) < 4.78 is 33.1. The second-order valence-electron chi connectivity index (χ2n) is 10.6. The maximum absolute atomic E-state index is 12.6. The molecule has 3 aromatic rings. The number of sulfone groups is 1. The maximum atomic E-state index is 12.6. The second-order valence-corrected chi connectivity index (χ2v) is 18.5. The number of rotatable bonds is 11. The minimum Gasteiger partial charge on any atom is -0.361 e. The summed E-state index contributed by atoms with van der Waals surface area (Å²) in [7, 11) is -4.59. The summed E-state index contributed by atoms with van der Waals surface area (Å²) in [5.74, 6) is -0.370. The smallest absolute Gasteiger partial charge is 0.178 e. The van der Waals surface area contributed by atoms with Gasteiger partial charge in [0.25, 0.3) is 0 Å². The normalized spacial score (nSPS) is 18.6. The summed E-state index contributed by atoms with van der Waals surface area (Å²) in [6.45, 7) is 10.1. The summed E-state index contributed by atoms with van der Waals surface area (Å²) in [5.41, 5.74) is 4.54. The van der Waals surface area contributed by atoms with Crippen LogP contribution in [-0.2, 0) is 26.7 Å². The van der Waals surface area contributed by atoms with Gasteiger partial charge in [-0.1, -0.05) is 38.7 Å². The van der Waals surface area contributed by atoms with Crippen molar-refractivity contribution in [2.45, 2.75) is 62.0 Å². The zero-order valence-corrected chi connectivity index (χ0v) is 23.6. The van der Waals surface area contributed by atoms with Gasteiger partial charge in [0.2, 0.25) is 0 Å². The lowest BCUT2D eigenvalue weighted by Crippen LogP contribution is -2.40. The van der Waals surface area contributed by atoms with E-state index in [1.54, 1.807) is 31.3 Å². The van der Waals surface area contributed by atoms with Gasteiger partial charge in [0.1, 0.15) is 18.7 Å². The van der Waals surface area contributed by atoms with Crippen molar-refractivity contribution in [3.05, 3.63) is 54.1 Å². The van der Waals surface area contributed by atoms with E-state index in [1.165, 1.54) is 6.33 Å². The number of ether oxygens (including phenoxy) is 1. The van der Waals surface area contributed by atoms with E-state index in [1.807, 2.05) is 22.9 Å². The molecule has 0 fully saturated rings. The van der Waals surface area contributed by atoms with Crippen LogP contribution in [0.25, 0.3) is 11.0 Å². The van der Waals surface area contributed by atoms with Crippen LogP contribution in [0.15, 0.2) is 52.9 Å². The minimum absolute atomic E-state index is 0.00753. The summed E-state index contributed by atoms with van der Waals surface area (Å²) in [6.07, 6.45) is 5.44. The molecule has 0 spiro atoms. The number of nitrogens with zero attached hydrogens (tertiary/aromatic N) is 5. The Labute approximate surface area is 219 Å². The van der Waals surface area contributed by atoms with E-state index in [2.05, 4.69) is 41.2 Å². The molecule has 37 heavy (non-hydrogen) atoms. The van der Waals surface area contributed by atoms with E-state index in [-0.39, 0.29) is 23.0 Å². The Kier molecular flexibility index (Phi) is 7.82. The Morgan fingerprint density at radius 1 is 1.27 bits per heavy atom. The highest BCUT2D eigenvalue weighted by Crippen LogP contribution is 2.43. The molecule has 0 saturated heterocycles. The predicted molar refractivity (Wildman–Crippen MR) is 147 cm³/mol. The van der Waals surface area contributed by atoms with Gasteiger partial charge in [-0.05, 0) is 29.8 Å². The number of hydrogen-bond acceptors (Lipinski definition) is 8. The van der Waals surface area contributed by atoms with Gasteiger partial charge in [-0.15, -0.1) is 0 Å². The molecule has 2 atom stereocenters. The molecule has 0 saturated carbocycles. The molecule has 11 heteroatoms. The van der Waals surface area contributed by atoms with E-state index in [9.17, 15) is 13.7 Å². The lowest BCUT2D eigenvalue weighted by Gasteiger charge is -2.33. The topological polar surface area (TPSA) is 122 Å². The van der Waals surface area contributed by atoms with Crippen molar-refractivity contribution >= 4 is 35.2 Å². The Hall–Kier alpha value is -3.07. The van der Waals surface area contributed by atoms with Crippen LogP contribution in [0, 0.1) is 11.3 Å². The van der Waals surface area contributed by atoms with Crippen LogP contribution < -0.4 is 5.43 Å². The molecular weight excluding hydrogens is 504 g/mol. The first-order valence-electron chi connectivity index (χ1n) is 12.5. The van der Waals surface area contributed by atoms with E-state index in [4.69, 9.17) is 9.72 Å². The molecule has 0 radical (unpaired) electrons. The van der Waals surface area contributed by atoms with Crippen LogP contribution in [0.5, 0.6) is 0 Å². The number of hydrogen-bond donors (Lipinski definition) is 1. The third-order valence-corrected chi connectivity index (χ3v) is 10.3. The number of hydrazone groups is 1. The van der Waals surface area contributed by atoms with E-state index in [0.717, 1.165) is 28.3 Å². The van der Waals surface area contributed by atoms with Crippen molar-refractivity contribution < 1.29 is 13.2 Å². The van der Waals surface area contributed by atoms with Crippen molar-refractivity contribution in [3.8, 4) is 6.07 Å². The zero-order valence-electron chi connectivity index (χ0n) is 21.8. The Balaban J connectivity index is 1.75. The number of nitrogens with one attached hydrogen (secondary N) is 1. The summed E-state index contributed by atoms with van der Waals surface area (Å²) in [4.78, 5) is 9.49. The highest BCUT2D eigenvalue weighted by Gasteiger charge is 2.45. The predicted octanol–water partition coefficient (Wildman–Crippen LogP) is 4.06. The third-order valence-electron chi connectivity index (χ3n) is 6.90. The van der Waals surface area contributed by atoms with Gasteiger partial charge in [-0.3, -0.25) is 0 Å². The Bertz CT molecular complexity index is 1440. The first-order chi connectivity index (χ1) is 17.6. The molecule has 2 unspecified atom stereocenters. The lowest BCUT2D eigenvalue weighted by atomic mass is 9.69. The second kappa shape index (κ2) is 10.7. The molecule has 2 aromatic heterocycles. The molecule has 3 heterocycles. The molecule has 9 nitrogen and oxygen atoms in total. The van der Waals surface area contributed by atoms with Gasteiger partial charge >= 0.3 is 0 Å². The van der Waals surface area contributed by atoms with Crippen molar-refractivity contribution in [3.63, 3.8) is 0 Å². The first kappa shape index (κ1) is 27.0. The van der Waals surface area contributed by atoms with E-state index >= 15 is 0 Å². The molecule has 1 aliphatic heterocycles. The van der Waals surface area contributed by atoms with Gasteiger partial charge in [-0.25, -0.2) is 18.4 Å². The van der Waals surface area contributed by atoms with Crippen molar-refractivity contribution in [2.24, 2.45) is 5.10 Å². The van der Waals surface area contributed by atoms with Crippen molar-refractivity contribution in [1.82, 2.24) is 20.0 Å². The summed E-state index contributed by atoms with van der Waals surface area (Å²) in [5, 5.41) is 15.0. The Morgan fingerprint density at radius 3 is 2.76 bits per heavy atom. The molecule has 1 aliphatic rings.